The Bertz CT molecular complexity index is 428. The second-order valence-electron chi connectivity index (χ2n) is 6.14. The Morgan fingerprint density at radius 2 is 2.11 bits per heavy atom. The van der Waals surface area contributed by atoms with Crippen LogP contribution < -0.4 is 5.32 Å². The summed E-state index contributed by atoms with van der Waals surface area (Å²) < 4.78 is 0. The first kappa shape index (κ1) is 14.1. The molecule has 1 saturated carbocycles. The first-order valence-electron chi connectivity index (χ1n) is 7.02. The fraction of sp³-hybridized carbons (Fsp3) is 0.562. The normalized spacial score (nSPS) is 23.2. The lowest BCUT2D eigenvalue weighted by Gasteiger charge is -2.29. The molecular formula is C16H23NO2. The van der Waals surface area contributed by atoms with Gasteiger partial charge in [-0.25, -0.2) is 0 Å². The van der Waals surface area contributed by atoms with Crippen molar-refractivity contribution >= 4 is 5.97 Å². The molecule has 0 saturated heterocycles. The quantitative estimate of drug-likeness (QED) is 0.856. The molecule has 0 bridgehead atoms. The van der Waals surface area contributed by atoms with Crippen LogP contribution in [0.2, 0.25) is 0 Å². The lowest BCUT2D eigenvalue weighted by molar-refractivity contribution is -0.138. The second kappa shape index (κ2) is 5.74. The smallest absolute Gasteiger partial charge is 0.312 e. The van der Waals surface area contributed by atoms with E-state index in [4.69, 9.17) is 0 Å². The van der Waals surface area contributed by atoms with Crippen LogP contribution in [0.4, 0.5) is 0 Å². The summed E-state index contributed by atoms with van der Waals surface area (Å²) in [7, 11) is 0. The summed E-state index contributed by atoms with van der Waals surface area (Å²) in [5.74, 6) is -1.22. The molecule has 1 aromatic rings. The van der Waals surface area contributed by atoms with Crippen LogP contribution in [0.1, 0.15) is 44.6 Å². The van der Waals surface area contributed by atoms with E-state index >= 15 is 0 Å². The zero-order chi connectivity index (χ0) is 13.9. The highest BCUT2D eigenvalue weighted by Crippen LogP contribution is 2.37. The highest BCUT2D eigenvalue weighted by atomic mass is 16.4. The molecule has 0 radical (unpaired) electrons. The summed E-state index contributed by atoms with van der Waals surface area (Å²) in [5, 5.41) is 12.9. The van der Waals surface area contributed by atoms with Crippen molar-refractivity contribution in [1.82, 2.24) is 5.32 Å². The van der Waals surface area contributed by atoms with E-state index < -0.39 is 11.9 Å². The van der Waals surface area contributed by atoms with E-state index in [0.717, 1.165) is 12.0 Å². The fourth-order valence-corrected chi connectivity index (χ4v) is 3.00. The third-order valence-electron chi connectivity index (χ3n) is 4.33. The topological polar surface area (TPSA) is 49.3 Å². The maximum absolute atomic E-state index is 11.4. The van der Waals surface area contributed by atoms with Gasteiger partial charge in [-0.2, -0.15) is 0 Å². The number of carboxylic acid groups (broad SMARTS) is 1. The van der Waals surface area contributed by atoms with Crippen LogP contribution in [0, 0.1) is 5.41 Å². The SMILES string of the molecule is CC1(C)CCCC1NCC(C(=O)O)c1ccccc1. The number of benzene rings is 1. The Morgan fingerprint density at radius 1 is 1.42 bits per heavy atom. The van der Waals surface area contributed by atoms with Crippen molar-refractivity contribution < 1.29 is 9.90 Å². The molecule has 1 aliphatic carbocycles. The van der Waals surface area contributed by atoms with E-state index in [1.54, 1.807) is 0 Å². The Labute approximate surface area is 115 Å². The number of hydrogen-bond acceptors (Lipinski definition) is 2. The van der Waals surface area contributed by atoms with Gasteiger partial charge in [0.25, 0.3) is 0 Å². The summed E-state index contributed by atoms with van der Waals surface area (Å²) in [6, 6.07) is 9.91. The molecule has 2 atom stereocenters. The van der Waals surface area contributed by atoms with Gasteiger partial charge in [0.1, 0.15) is 0 Å². The Morgan fingerprint density at radius 3 is 2.63 bits per heavy atom. The maximum atomic E-state index is 11.4. The van der Waals surface area contributed by atoms with Crippen molar-refractivity contribution in [1.29, 1.82) is 0 Å². The largest absolute Gasteiger partial charge is 0.481 e. The van der Waals surface area contributed by atoms with Crippen molar-refractivity contribution in [2.45, 2.75) is 45.1 Å². The predicted molar refractivity (Wildman–Crippen MR) is 76.2 cm³/mol. The van der Waals surface area contributed by atoms with Gasteiger partial charge in [-0.15, -0.1) is 0 Å². The van der Waals surface area contributed by atoms with Gasteiger partial charge in [0.05, 0.1) is 5.92 Å². The van der Waals surface area contributed by atoms with Gasteiger partial charge < -0.3 is 10.4 Å². The van der Waals surface area contributed by atoms with Crippen LogP contribution >= 0.6 is 0 Å². The van der Waals surface area contributed by atoms with Crippen LogP contribution in [-0.2, 0) is 4.79 Å². The lowest BCUT2D eigenvalue weighted by atomic mass is 9.87. The summed E-state index contributed by atoms with van der Waals surface area (Å²) in [6.07, 6.45) is 3.59. The van der Waals surface area contributed by atoms with E-state index in [-0.39, 0.29) is 5.41 Å². The predicted octanol–water partition coefficient (Wildman–Crippen LogP) is 3.02. The monoisotopic (exact) mass is 261 g/mol. The van der Waals surface area contributed by atoms with Gasteiger partial charge in [-0.1, -0.05) is 50.6 Å². The van der Waals surface area contributed by atoms with E-state index in [1.807, 2.05) is 30.3 Å². The third kappa shape index (κ3) is 3.35. The van der Waals surface area contributed by atoms with Crippen molar-refractivity contribution in [3.63, 3.8) is 0 Å². The number of aliphatic carboxylic acids is 1. The maximum Gasteiger partial charge on any atom is 0.312 e. The molecule has 2 unspecified atom stereocenters. The lowest BCUT2D eigenvalue weighted by Crippen LogP contribution is -2.41. The molecular weight excluding hydrogens is 238 g/mol. The fourth-order valence-electron chi connectivity index (χ4n) is 3.00. The van der Waals surface area contributed by atoms with Crippen molar-refractivity contribution in [3.05, 3.63) is 35.9 Å². The number of carbonyl (C=O) groups is 1. The molecule has 2 rings (SSSR count). The third-order valence-corrected chi connectivity index (χ3v) is 4.33. The Hall–Kier alpha value is -1.35. The average Bonchev–Trinajstić information content (AvgIpc) is 2.70. The van der Waals surface area contributed by atoms with Gasteiger partial charge in [0.15, 0.2) is 0 Å². The minimum Gasteiger partial charge on any atom is -0.481 e. The number of rotatable bonds is 5. The van der Waals surface area contributed by atoms with Crippen molar-refractivity contribution in [2.24, 2.45) is 5.41 Å². The van der Waals surface area contributed by atoms with Gasteiger partial charge in [0.2, 0.25) is 0 Å². The van der Waals surface area contributed by atoms with Crippen LogP contribution in [0.15, 0.2) is 30.3 Å². The molecule has 0 aliphatic heterocycles. The van der Waals surface area contributed by atoms with Crippen molar-refractivity contribution in [2.75, 3.05) is 6.54 Å². The molecule has 0 heterocycles. The zero-order valence-electron chi connectivity index (χ0n) is 11.7. The number of carboxylic acids is 1. The van der Waals surface area contributed by atoms with Crippen LogP contribution in [0.3, 0.4) is 0 Å². The minimum atomic E-state index is -0.755. The standard InChI is InChI=1S/C16H23NO2/c1-16(2)10-6-9-14(16)17-11-13(15(18)19)12-7-4-3-5-8-12/h3-5,7-8,13-14,17H,6,9-11H2,1-2H3,(H,18,19). The molecule has 104 valence electrons. The van der Waals surface area contributed by atoms with Gasteiger partial charge in [-0.3, -0.25) is 4.79 Å². The molecule has 0 aromatic heterocycles. The van der Waals surface area contributed by atoms with Gasteiger partial charge in [0, 0.05) is 12.6 Å². The summed E-state index contributed by atoms with van der Waals surface area (Å²) in [4.78, 5) is 11.4. The molecule has 0 spiro atoms. The molecule has 1 aromatic carbocycles. The number of nitrogens with one attached hydrogen (secondary N) is 1. The van der Waals surface area contributed by atoms with Crippen LogP contribution in [0.5, 0.6) is 0 Å². The average molecular weight is 261 g/mol. The highest BCUT2D eigenvalue weighted by molar-refractivity contribution is 5.76. The first-order chi connectivity index (χ1) is 9.00. The molecule has 3 heteroatoms. The van der Waals surface area contributed by atoms with E-state index in [9.17, 15) is 9.90 Å². The molecule has 19 heavy (non-hydrogen) atoms. The van der Waals surface area contributed by atoms with Crippen LogP contribution in [0.25, 0.3) is 0 Å². The first-order valence-corrected chi connectivity index (χ1v) is 7.02. The van der Waals surface area contributed by atoms with Gasteiger partial charge in [-0.05, 0) is 23.8 Å². The highest BCUT2D eigenvalue weighted by Gasteiger charge is 2.34. The molecule has 3 nitrogen and oxygen atoms in total. The molecule has 2 N–H and O–H groups in total. The van der Waals surface area contributed by atoms with Crippen LogP contribution in [-0.4, -0.2) is 23.7 Å². The minimum absolute atomic E-state index is 0.278. The van der Waals surface area contributed by atoms with Gasteiger partial charge >= 0.3 is 5.97 Å². The molecule has 0 amide bonds. The summed E-state index contributed by atoms with van der Waals surface area (Å²) >= 11 is 0. The van der Waals surface area contributed by atoms with E-state index in [1.165, 1.54) is 12.8 Å². The number of hydrogen-bond donors (Lipinski definition) is 2. The van der Waals surface area contributed by atoms with E-state index in [0.29, 0.717) is 12.6 Å². The summed E-state index contributed by atoms with van der Waals surface area (Å²) in [5.41, 5.74) is 1.15. The molecule has 1 fully saturated rings. The van der Waals surface area contributed by atoms with Crippen molar-refractivity contribution in [3.8, 4) is 0 Å². The Kier molecular flexibility index (Phi) is 4.25. The Balaban J connectivity index is 2.01. The second-order valence-corrected chi connectivity index (χ2v) is 6.14. The summed E-state index contributed by atoms with van der Waals surface area (Å²) in [6.45, 7) is 5.03. The zero-order valence-corrected chi connectivity index (χ0v) is 11.7. The van der Waals surface area contributed by atoms with E-state index in [2.05, 4.69) is 19.2 Å². The molecule has 1 aliphatic rings.